The van der Waals surface area contributed by atoms with Crippen molar-refractivity contribution in [3.05, 3.63) is 36.0 Å². The second kappa shape index (κ2) is 5.14. The number of aromatic nitrogens is 1. The highest BCUT2D eigenvalue weighted by molar-refractivity contribution is 5.86. The van der Waals surface area contributed by atoms with Crippen LogP contribution in [-0.2, 0) is 16.1 Å². The first-order valence-electron chi connectivity index (χ1n) is 6.06. The number of benzene rings is 1. The second-order valence-corrected chi connectivity index (χ2v) is 4.56. The number of rotatable bonds is 4. The van der Waals surface area contributed by atoms with Crippen LogP contribution in [0.4, 0.5) is 0 Å². The summed E-state index contributed by atoms with van der Waals surface area (Å²) in [6, 6.07) is 8.90. The van der Waals surface area contributed by atoms with Gasteiger partial charge in [0.2, 0.25) is 5.91 Å². The van der Waals surface area contributed by atoms with E-state index in [0.717, 1.165) is 16.6 Å². The number of hydrogen-bond donors (Lipinski definition) is 2. The van der Waals surface area contributed by atoms with Crippen molar-refractivity contribution < 1.29 is 14.7 Å². The van der Waals surface area contributed by atoms with E-state index in [9.17, 15) is 9.59 Å². The molecule has 2 N–H and O–H groups in total. The number of nitrogens with one attached hydrogen (secondary N) is 1. The summed E-state index contributed by atoms with van der Waals surface area (Å²) in [5, 5.41) is 12.3. The predicted molar refractivity (Wildman–Crippen MR) is 71.9 cm³/mol. The average molecular weight is 260 g/mol. The third-order valence-corrected chi connectivity index (χ3v) is 3.07. The number of fused-ring (bicyclic) bond motifs is 1. The molecule has 1 aromatic heterocycles. The zero-order chi connectivity index (χ0) is 14.0. The number of aryl methyl sites for hydroxylation is 1. The number of carboxylic acids is 1. The van der Waals surface area contributed by atoms with Gasteiger partial charge in [-0.1, -0.05) is 18.2 Å². The Hall–Kier alpha value is -2.30. The predicted octanol–water partition coefficient (Wildman–Crippen LogP) is 1.54. The van der Waals surface area contributed by atoms with Crippen LogP contribution in [0.15, 0.2) is 30.3 Å². The first kappa shape index (κ1) is 13.1. The van der Waals surface area contributed by atoms with E-state index < -0.39 is 12.0 Å². The highest BCUT2D eigenvalue weighted by Gasteiger charge is 2.15. The highest BCUT2D eigenvalue weighted by Crippen LogP contribution is 2.18. The Bertz CT molecular complexity index is 631. The second-order valence-electron chi connectivity index (χ2n) is 4.56. The maximum Gasteiger partial charge on any atom is 0.325 e. The molecule has 5 heteroatoms. The Kier molecular flexibility index (Phi) is 3.55. The van der Waals surface area contributed by atoms with E-state index in [1.807, 2.05) is 41.8 Å². The molecule has 0 aliphatic heterocycles. The Morgan fingerprint density at radius 1 is 1.37 bits per heavy atom. The van der Waals surface area contributed by atoms with Crippen molar-refractivity contribution in [1.29, 1.82) is 0 Å². The molecule has 0 fully saturated rings. The zero-order valence-corrected chi connectivity index (χ0v) is 10.9. The van der Waals surface area contributed by atoms with E-state index in [0.29, 0.717) is 0 Å². The van der Waals surface area contributed by atoms with E-state index in [2.05, 4.69) is 5.32 Å². The number of carbonyl (C=O) groups is 2. The van der Waals surface area contributed by atoms with Crippen LogP contribution in [0.2, 0.25) is 0 Å². The molecule has 0 spiro atoms. The van der Waals surface area contributed by atoms with Gasteiger partial charge in [0.25, 0.3) is 0 Å². The molecule has 0 bridgehead atoms. The van der Waals surface area contributed by atoms with Gasteiger partial charge in [-0.15, -0.1) is 0 Å². The fourth-order valence-corrected chi connectivity index (χ4v) is 2.05. The fraction of sp³-hybridized carbons (Fsp3) is 0.286. The molecular weight excluding hydrogens is 244 g/mol. The van der Waals surface area contributed by atoms with Crippen LogP contribution >= 0.6 is 0 Å². The van der Waals surface area contributed by atoms with Crippen LogP contribution in [0.3, 0.4) is 0 Å². The Morgan fingerprint density at radius 3 is 2.74 bits per heavy atom. The van der Waals surface area contributed by atoms with Gasteiger partial charge >= 0.3 is 5.97 Å². The van der Waals surface area contributed by atoms with Gasteiger partial charge in [0.1, 0.15) is 12.6 Å². The molecule has 0 unspecified atom stereocenters. The molecule has 0 radical (unpaired) electrons. The molecule has 100 valence electrons. The molecule has 5 nitrogen and oxygen atoms in total. The molecule has 2 aromatic rings. The maximum absolute atomic E-state index is 11.8. The minimum atomic E-state index is -1.04. The number of carbonyl (C=O) groups excluding carboxylic acids is 1. The molecule has 1 aromatic carbocycles. The number of hydrogen-bond acceptors (Lipinski definition) is 2. The summed E-state index contributed by atoms with van der Waals surface area (Å²) in [5.41, 5.74) is 1.94. The van der Waals surface area contributed by atoms with Crippen LogP contribution in [-0.4, -0.2) is 27.6 Å². The van der Waals surface area contributed by atoms with Gasteiger partial charge in [-0.25, -0.2) is 0 Å². The summed E-state index contributed by atoms with van der Waals surface area (Å²) in [4.78, 5) is 22.5. The summed E-state index contributed by atoms with van der Waals surface area (Å²) >= 11 is 0. The monoisotopic (exact) mass is 260 g/mol. The summed E-state index contributed by atoms with van der Waals surface area (Å²) in [7, 11) is 0. The molecule has 1 amide bonds. The lowest BCUT2D eigenvalue weighted by Crippen LogP contribution is -2.40. The standard InChI is InChI=1S/C14H16N2O3/c1-9-7-11-5-3-4-6-12(11)16(9)8-13(17)15-10(2)14(18)19/h3-7,10H,8H2,1-2H3,(H,15,17)(H,18,19)/t10-/m1/s1. The van der Waals surface area contributed by atoms with Crippen LogP contribution in [0, 0.1) is 6.92 Å². The first-order valence-corrected chi connectivity index (χ1v) is 6.06. The largest absolute Gasteiger partial charge is 0.480 e. The average Bonchev–Trinajstić information content (AvgIpc) is 2.66. The molecule has 0 saturated heterocycles. The molecule has 1 heterocycles. The lowest BCUT2D eigenvalue weighted by atomic mass is 10.2. The van der Waals surface area contributed by atoms with E-state index >= 15 is 0 Å². The molecular formula is C14H16N2O3. The molecule has 2 rings (SSSR count). The van der Waals surface area contributed by atoms with Gasteiger partial charge in [0.05, 0.1) is 0 Å². The van der Waals surface area contributed by atoms with Gasteiger partial charge in [0.15, 0.2) is 0 Å². The number of aliphatic carboxylic acids is 1. The number of carboxylic acid groups (broad SMARTS) is 1. The van der Waals surface area contributed by atoms with Crippen LogP contribution in [0.5, 0.6) is 0 Å². The van der Waals surface area contributed by atoms with Gasteiger partial charge in [-0.3, -0.25) is 9.59 Å². The SMILES string of the molecule is Cc1cc2ccccc2n1CC(=O)N[C@H](C)C(=O)O. The molecule has 0 aliphatic rings. The third kappa shape index (κ3) is 2.76. The van der Waals surface area contributed by atoms with E-state index in [-0.39, 0.29) is 12.5 Å². The van der Waals surface area contributed by atoms with Crippen LogP contribution in [0.1, 0.15) is 12.6 Å². The quantitative estimate of drug-likeness (QED) is 0.876. The molecule has 0 aliphatic carbocycles. The maximum atomic E-state index is 11.8. The summed E-state index contributed by atoms with van der Waals surface area (Å²) < 4.78 is 1.87. The van der Waals surface area contributed by atoms with E-state index in [1.54, 1.807) is 0 Å². The topological polar surface area (TPSA) is 71.3 Å². The fourth-order valence-electron chi connectivity index (χ4n) is 2.05. The molecule has 1 atom stereocenters. The van der Waals surface area contributed by atoms with Crippen molar-refractivity contribution in [1.82, 2.24) is 9.88 Å². The summed E-state index contributed by atoms with van der Waals surface area (Å²) in [6.45, 7) is 3.49. The third-order valence-electron chi connectivity index (χ3n) is 3.07. The van der Waals surface area contributed by atoms with Crippen LogP contribution in [0.25, 0.3) is 10.9 Å². The molecule has 19 heavy (non-hydrogen) atoms. The van der Waals surface area contributed by atoms with Gasteiger partial charge in [-0.2, -0.15) is 0 Å². The number of para-hydroxylation sites is 1. The Morgan fingerprint density at radius 2 is 2.05 bits per heavy atom. The van der Waals surface area contributed by atoms with Crippen molar-refractivity contribution in [2.45, 2.75) is 26.4 Å². The van der Waals surface area contributed by atoms with Crippen LogP contribution < -0.4 is 5.32 Å². The normalized spacial score (nSPS) is 12.3. The van der Waals surface area contributed by atoms with E-state index in [4.69, 9.17) is 5.11 Å². The molecule has 0 saturated carbocycles. The van der Waals surface area contributed by atoms with E-state index in [1.165, 1.54) is 6.92 Å². The van der Waals surface area contributed by atoms with Gasteiger partial charge in [-0.05, 0) is 31.4 Å². The highest BCUT2D eigenvalue weighted by atomic mass is 16.4. The minimum Gasteiger partial charge on any atom is -0.480 e. The zero-order valence-electron chi connectivity index (χ0n) is 10.9. The van der Waals surface area contributed by atoms with Crippen molar-refractivity contribution >= 4 is 22.8 Å². The first-order chi connectivity index (χ1) is 8.99. The number of amides is 1. The Labute approximate surface area is 110 Å². The lowest BCUT2D eigenvalue weighted by molar-refractivity contribution is -0.141. The Balaban J connectivity index is 2.19. The van der Waals surface area contributed by atoms with Crippen molar-refractivity contribution in [2.24, 2.45) is 0 Å². The number of nitrogens with zero attached hydrogens (tertiary/aromatic N) is 1. The minimum absolute atomic E-state index is 0.122. The summed E-state index contributed by atoms with van der Waals surface area (Å²) in [5.74, 6) is -1.35. The lowest BCUT2D eigenvalue weighted by Gasteiger charge is -2.11. The van der Waals surface area contributed by atoms with Crippen molar-refractivity contribution in [3.63, 3.8) is 0 Å². The smallest absolute Gasteiger partial charge is 0.325 e. The van der Waals surface area contributed by atoms with Gasteiger partial charge < -0.3 is 15.0 Å². The van der Waals surface area contributed by atoms with Gasteiger partial charge in [0, 0.05) is 11.2 Å². The van der Waals surface area contributed by atoms with Crippen molar-refractivity contribution in [3.8, 4) is 0 Å². The van der Waals surface area contributed by atoms with Crippen molar-refractivity contribution in [2.75, 3.05) is 0 Å². The summed E-state index contributed by atoms with van der Waals surface area (Å²) in [6.07, 6.45) is 0.